The van der Waals surface area contributed by atoms with Crippen molar-refractivity contribution in [3.8, 4) is 0 Å². The first-order valence-corrected chi connectivity index (χ1v) is 3.04. The Labute approximate surface area is 44.1 Å². The highest BCUT2D eigenvalue weighted by Crippen LogP contribution is 1.88. The SMILES string of the molecule is [NH3+]C1CC[NH2+]CC1. The summed E-state index contributed by atoms with van der Waals surface area (Å²) in [6.45, 7) is 2.60. The quantitative estimate of drug-likeness (QED) is 0.354. The van der Waals surface area contributed by atoms with Gasteiger partial charge in [0.15, 0.2) is 0 Å². The monoisotopic (exact) mass is 102 g/mol. The second-order valence-corrected chi connectivity index (χ2v) is 2.31. The van der Waals surface area contributed by atoms with Crippen molar-refractivity contribution in [3.63, 3.8) is 0 Å². The van der Waals surface area contributed by atoms with Crippen molar-refractivity contribution in [1.82, 2.24) is 0 Å². The predicted molar refractivity (Wildman–Crippen MR) is 27.6 cm³/mol. The van der Waals surface area contributed by atoms with Gasteiger partial charge in [0.25, 0.3) is 0 Å². The smallest absolute Gasteiger partial charge is 0.0952 e. The van der Waals surface area contributed by atoms with Crippen LogP contribution in [0.4, 0.5) is 0 Å². The summed E-state index contributed by atoms with van der Waals surface area (Å²) in [5.74, 6) is 0. The van der Waals surface area contributed by atoms with Gasteiger partial charge in [0, 0.05) is 12.8 Å². The average Bonchev–Trinajstić information content (AvgIpc) is 1.69. The maximum atomic E-state index is 3.98. The van der Waals surface area contributed by atoms with Crippen LogP contribution >= 0.6 is 0 Å². The molecule has 0 saturated carbocycles. The molecule has 0 spiro atoms. The van der Waals surface area contributed by atoms with Crippen molar-refractivity contribution >= 4 is 0 Å². The minimum atomic E-state index is 0.755. The molecule has 1 aliphatic heterocycles. The third-order valence-electron chi connectivity index (χ3n) is 1.56. The van der Waals surface area contributed by atoms with Crippen LogP contribution in [-0.2, 0) is 0 Å². The van der Waals surface area contributed by atoms with E-state index in [4.69, 9.17) is 0 Å². The Kier molecular flexibility index (Phi) is 1.65. The van der Waals surface area contributed by atoms with Gasteiger partial charge in [-0.1, -0.05) is 0 Å². The molecule has 1 fully saturated rings. The number of nitrogens with two attached hydrogens (primary N) is 1. The molecule has 0 atom stereocenters. The third-order valence-corrected chi connectivity index (χ3v) is 1.56. The van der Waals surface area contributed by atoms with Crippen molar-refractivity contribution in [2.75, 3.05) is 13.1 Å². The Morgan fingerprint density at radius 3 is 2.14 bits per heavy atom. The molecule has 1 rings (SSSR count). The zero-order valence-electron chi connectivity index (χ0n) is 4.69. The van der Waals surface area contributed by atoms with Crippen LogP contribution in [-0.4, -0.2) is 19.1 Å². The lowest BCUT2D eigenvalue weighted by Crippen LogP contribution is -2.89. The maximum absolute atomic E-state index is 3.98. The summed E-state index contributed by atoms with van der Waals surface area (Å²) >= 11 is 0. The molecule has 0 unspecified atom stereocenters. The van der Waals surface area contributed by atoms with E-state index in [1.807, 2.05) is 0 Å². The average molecular weight is 102 g/mol. The van der Waals surface area contributed by atoms with E-state index in [2.05, 4.69) is 11.1 Å². The molecule has 0 aromatic heterocycles. The molecule has 1 aliphatic rings. The van der Waals surface area contributed by atoms with Crippen molar-refractivity contribution in [2.45, 2.75) is 18.9 Å². The van der Waals surface area contributed by atoms with Crippen LogP contribution in [0.25, 0.3) is 0 Å². The van der Waals surface area contributed by atoms with E-state index in [9.17, 15) is 0 Å². The Morgan fingerprint density at radius 1 is 1.29 bits per heavy atom. The van der Waals surface area contributed by atoms with Gasteiger partial charge in [-0.2, -0.15) is 0 Å². The minimum Gasteiger partial charge on any atom is -0.355 e. The van der Waals surface area contributed by atoms with Crippen LogP contribution in [0, 0.1) is 0 Å². The second kappa shape index (κ2) is 2.28. The van der Waals surface area contributed by atoms with Gasteiger partial charge >= 0.3 is 0 Å². The Hall–Kier alpha value is -0.0800. The summed E-state index contributed by atoms with van der Waals surface area (Å²) in [6, 6.07) is 0.755. The fourth-order valence-electron chi connectivity index (χ4n) is 0.996. The molecule has 7 heavy (non-hydrogen) atoms. The molecule has 0 amide bonds. The van der Waals surface area contributed by atoms with Crippen molar-refractivity contribution < 1.29 is 11.1 Å². The van der Waals surface area contributed by atoms with Gasteiger partial charge < -0.3 is 11.1 Å². The Bertz CT molecular complexity index is 48.0. The number of quaternary nitrogens is 2. The van der Waals surface area contributed by atoms with Crippen molar-refractivity contribution in [1.29, 1.82) is 0 Å². The molecule has 42 valence electrons. The molecule has 0 aliphatic carbocycles. The van der Waals surface area contributed by atoms with Gasteiger partial charge in [0.05, 0.1) is 19.1 Å². The van der Waals surface area contributed by atoms with E-state index >= 15 is 0 Å². The van der Waals surface area contributed by atoms with Crippen molar-refractivity contribution in [2.24, 2.45) is 0 Å². The van der Waals surface area contributed by atoms with Gasteiger partial charge in [-0.25, -0.2) is 0 Å². The summed E-state index contributed by atoms with van der Waals surface area (Å²) in [5.41, 5.74) is 3.98. The van der Waals surface area contributed by atoms with E-state index in [1.54, 1.807) is 0 Å². The van der Waals surface area contributed by atoms with E-state index in [0.717, 1.165) is 6.04 Å². The zero-order valence-corrected chi connectivity index (χ0v) is 4.69. The maximum Gasteiger partial charge on any atom is 0.0952 e. The van der Waals surface area contributed by atoms with E-state index in [-0.39, 0.29) is 0 Å². The summed E-state index contributed by atoms with van der Waals surface area (Å²) in [5, 5.41) is 2.36. The molecule has 0 aromatic carbocycles. The molecular weight excluding hydrogens is 88.1 g/mol. The van der Waals surface area contributed by atoms with Crippen LogP contribution in [0.5, 0.6) is 0 Å². The molecule has 0 radical (unpaired) electrons. The minimum absolute atomic E-state index is 0.755. The normalized spacial score (nSPS) is 25.3. The second-order valence-electron chi connectivity index (χ2n) is 2.31. The lowest BCUT2D eigenvalue weighted by atomic mass is 10.1. The Balaban J connectivity index is 2.12. The van der Waals surface area contributed by atoms with Crippen LogP contribution in [0.2, 0.25) is 0 Å². The molecule has 5 N–H and O–H groups in total. The third kappa shape index (κ3) is 1.45. The highest BCUT2D eigenvalue weighted by molar-refractivity contribution is 4.53. The Morgan fingerprint density at radius 2 is 1.86 bits per heavy atom. The van der Waals surface area contributed by atoms with Crippen LogP contribution < -0.4 is 11.1 Å². The largest absolute Gasteiger partial charge is 0.355 e. The van der Waals surface area contributed by atoms with Crippen molar-refractivity contribution in [3.05, 3.63) is 0 Å². The molecule has 2 heteroatoms. The fourth-order valence-corrected chi connectivity index (χ4v) is 0.996. The molecule has 0 bridgehead atoms. The van der Waals surface area contributed by atoms with Gasteiger partial charge in [-0.05, 0) is 0 Å². The predicted octanol–water partition coefficient (Wildman–Crippen LogP) is -2.05. The topological polar surface area (TPSA) is 44.2 Å². The first-order valence-electron chi connectivity index (χ1n) is 3.04. The van der Waals surface area contributed by atoms with Gasteiger partial charge in [0.1, 0.15) is 0 Å². The summed E-state index contributed by atoms with van der Waals surface area (Å²) < 4.78 is 0. The van der Waals surface area contributed by atoms with Crippen LogP contribution in [0.15, 0.2) is 0 Å². The number of hydrogen-bond acceptors (Lipinski definition) is 0. The van der Waals surface area contributed by atoms with Gasteiger partial charge in [-0.15, -0.1) is 0 Å². The summed E-state index contributed by atoms with van der Waals surface area (Å²) in [4.78, 5) is 0. The highest BCUT2D eigenvalue weighted by Gasteiger charge is 2.12. The fraction of sp³-hybridized carbons (Fsp3) is 1.00. The first kappa shape index (κ1) is 5.06. The van der Waals surface area contributed by atoms with E-state index in [0.29, 0.717) is 0 Å². The molecule has 1 heterocycles. The zero-order chi connectivity index (χ0) is 5.11. The first-order chi connectivity index (χ1) is 3.39. The lowest BCUT2D eigenvalue weighted by molar-refractivity contribution is -0.675. The van der Waals surface area contributed by atoms with E-state index in [1.165, 1.54) is 25.9 Å². The summed E-state index contributed by atoms with van der Waals surface area (Å²) in [6.07, 6.45) is 2.64. The molecular formula is C5H14N2+2. The van der Waals surface area contributed by atoms with Gasteiger partial charge in [-0.3, -0.25) is 0 Å². The van der Waals surface area contributed by atoms with Crippen LogP contribution in [0.3, 0.4) is 0 Å². The number of hydrogen-bond donors (Lipinski definition) is 2. The molecule has 2 nitrogen and oxygen atoms in total. The summed E-state index contributed by atoms with van der Waals surface area (Å²) in [7, 11) is 0. The van der Waals surface area contributed by atoms with Gasteiger partial charge in [0.2, 0.25) is 0 Å². The number of piperidine rings is 1. The lowest BCUT2D eigenvalue weighted by Gasteiger charge is -2.11. The standard InChI is InChI=1S/C5H12N2/c6-5-1-3-7-4-2-5/h5,7H,1-4,6H2/p+2. The van der Waals surface area contributed by atoms with E-state index < -0.39 is 0 Å². The highest BCUT2D eigenvalue weighted by atomic mass is 14.9. The van der Waals surface area contributed by atoms with Crippen LogP contribution in [0.1, 0.15) is 12.8 Å². The number of rotatable bonds is 0. The molecule has 0 aromatic rings. The molecule has 1 saturated heterocycles.